The monoisotopic (exact) mass is 444 g/mol. The third-order valence-electron chi connectivity index (χ3n) is 4.96. The molecule has 0 atom stereocenters. The van der Waals surface area contributed by atoms with Crippen LogP contribution in [0.15, 0.2) is 53.7 Å². The highest BCUT2D eigenvalue weighted by molar-refractivity contribution is 8.00. The minimum Gasteiger partial charge on any atom is -0.480 e. The standard InChI is InChI=1S/C22H22ClFN4OS/c1-29-22-21(11-17(23)13-26-22)30-27-18-6-7-25-20(12-18)15-4-5-16(19(24)10-15)14-28-8-2-3-9-28/h4-7,10-13H,2-3,8-9,14H2,1H3,(H,25,27). The third-order valence-corrected chi connectivity index (χ3v) is 6.02. The maximum atomic E-state index is 14.7. The first-order valence-corrected chi connectivity index (χ1v) is 10.9. The number of nitrogens with one attached hydrogen (secondary N) is 1. The van der Waals surface area contributed by atoms with E-state index in [9.17, 15) is 4.39 Å². The summed E-state index contributed by atoms with van der Waals surface area (Å²) < 4.78 is 23.2. The van der Waals surface area contributed by atoms with Crippen molar-refractivity contribution in [2.75, 3.05) is 24.9 Å². The lowest BCUT2D eigenvalue weighted by Crippen LogP contribution is -2.19. The van der Waals surface area contributed by atoms with Gasteiger partial charge in [-0.2, -0.15) is 0 Å². The Hall–Kier alpha value is -2.35. The van der Waals surface area contributed by atoms with Gasteiger partial charge in [0, 0.05) is 35.8 Å². The van der Waals surface area contributed by atoms with E-state index in [4.69, 9.17) is 16.3 Å². The Morgan fingerprint density at radius 3 is 2.77 bits per heavy atom. The van der Waals surface area contributed by atoms with E-state index in [1.54, 1.807) is 25.4 Å². The average Bonchev–Trinajstić information content (AvgIpc) is 3.27. The fourth-order valence-electron chi connectivity index (χ4n) is 3.42. The maximum absolute atomic E-state index is 14.7. The second-order valence-electron chi connectivity index (χ2n) is 7.08. The van der Waals surface area contributed by atoms with Crippen LogP contribution < -0.4 is 9.46 Å². The molecular weight excluding hydrogens is 423 g/mol. The molecule has 1 fully saturated rings. The van der Waals surface area contributed by atoms with Crippen molar-refractivity contribution in [3.05, 3.63) is 65.2 Å². The van der Waals surface area contributed by atoms with Gasteiger partial charge in [-0.3, -0.25) is 9.88 Å². The van der Waals surface area contributed by atoms with Gasteiger partial charge in [-0.25, -0.2) is 9.37 Å². The molecule has 0 radical (unpaired) electrons. The van der Waals surface area contributed by atoms with E-state index in [-0.39, 0.29) is 5.82 Å². The number of aromatic nitrogens is 2. The highest BCUT2D eigenvalue weighted by atomic mass is 35.5. The van der Waals surface area contributed by atoms with Gasteiger partial charge >= 0.3 is 0 Å². The number of likely N-dealkylation sites (tertiary alicyclic amines) is 1. The van der Waals surface area contributed by atoms with E-state index in [2.05, 4.69) is 19.6 Å². The SMILES string of the molecule is COc1ncc(Cl)cc1SNc1ccnc(-c2ccc(CN3CCCC3)c(F)c2)c1. The molecule has 156 valence electrons. The lowest BCUT2D eigenvalue weighted by atomic mass is 10.1. The molecule has 8 heteroatoms. The first kappa shape index (κ1) is 20.9. The van der Waals surface area contributed by atoms with Crippen molar-refractivity contribution < 1.29 is 9.13 Å². The van der Waals surface area contributed by atoms with E-state index in [0.29, 0.717) is 23.1 Å². The van der Waals surface area contributed by atoms with Crippen LogP contribution in [0.5, 0.6) is 5.88 Å². The number of halogens is 2. The summed E-state index contributed by atoms with van der Waals surface area (Å²) in [6.07, 6.45) is 5.62. The summed E-state index contributed by atoms with van der Waals surface area (Å²) >= 11 is 7.37. The highest BCUT2D eigenvalue weighted by Crippen LogP contribution is 2.31. The fraction of sp³-hybridized carbons (Fsp3) is 0.273. The smallest absolute Gasteiger partial charge is 0.228 e. The van der Waals surface area contributed by atoms with Gasteiger partial charge in [0.25, 0.3) is 0 Å². The molecule has 1 saturated heterocycles. The summed E-state index contributed by atoms with van der Waals surface area (Å²) in [5.74, 6) is 0.297. The van der Waals surface area contributed by atoms with E-state index < -0.39 is 0 Å². The van der Waals surface area contributed by atoms with Gasteiger partial charge in [0.1, 0.15) is 5.82 Å². The maximum Gasteiger partial charge on any atom is 0.228 e. The van der Waals surface area contributed by atoms with Gasteiger partial charge in [0.05, 0.1) is 22.7 Å². The van der Waals surface area contributed by atoms with Gasteiger partial charge in [0.2, 0.25) is 5.88 Å². The molecule has 0 spiro atoms. The molecule has 1 aromatic carbocycles. The molecule has 0 saturated carbocycles. The van der Waals surface area contributed by atoms with E-state index in [1.807, 2.05) is 24.3 Å². The van der Waals surface area contributed by atoms with Crippen molar-refractivity contribution in [3.63, 3.8) is 0 Å². The van der Waals surface area contributed by atoms with Crippen LogP contribution >= 0.6 is 23.5 Å². The zero-order valence-corrected chi connectivity index (χ0v) is 18.1. The Bertz CT molecular complexity index is 1030. The minimum atomic E-state index is -0.191. The molecule has 1 N–H and O–H groups in total. The Balaban J connectivity index is 1.48. The van der Waals surface area contributed by atoms with Gasteiger partial charge < -0.3 is 9.46 Å². The molecule has 3 heterocycles. The van der Waals surface area contributed by atoms with Crippen molar-refractivity contribution in [3.8, 4) is 17.1 Å². The normalized spacial score (nSPS) is 14.1. The minimum absolute atomic E-state index is 0.191. The van der Waals surface area contributed by atoms with Crippen molar-refractivity contribution in [1.29, 1.82) is 0 Å². The number of hydrogen-bond donors (Lipinski definition) is 1. The summed E-state index contributed by atoms with van der Waals surface area (Å²) in [7, 11) is 1.56. The number of methoxy groups -OCH3 is 1. The first-order valence-electron chi connectivity index (χ1n) is 9.72. The van der Waals surface area contributed by atoms with Crippen molar-refractivity contribution in [2.45, 2.75) is 24.3 Å². The van der Waals surface area contributed by atoms with Gasteiger partial charge in [0.15, 0.2) is 0 Å². The highest BCUT2D eigenvalue weighted by Gasteiger charge is 2.15. The van der Waals surface area contributed by atoms with Crippen molar-refractivity contribution in [2.24, 2.45) is 0 Å². The number of rotatable bonds is 7. The molecule has 0 aliphatic carbocycles. The Labute approximate surface area is 184 Å². The zero-order chi connectivity index (χ0) is 20.9. The fourth-order valence-corrected chi connectivity index (χ4v) is 4.40. The molecule has 5 nitrogen and oxygen atoms in total. The Morgan fingerprint density at radius 2 is 2.00 bits per heavy atom. The number of benzene rings is 1. The summed E-state index contributed by atoms with van der Waals surface area (Å²) in [4.78, 5) is 11.6. The molecule has 30 heavy (non-hydrogen) atoms. The molecule has 1 aliphatic heterocycles. The summed E-state index contributed by atoms with van der Waals surface area (Å²) in [5, 5.41) is 0.528. The number of ether oxygens (including phenoxy) is 1. The molecular formula is C22H22ClFN4OS. The van der Waals surface area contributed by atoms with Crippen molar-refractivity contribution in [1.82, 2.24) is 14.9 Å². The van der Waals surface area contributed by atoms with Crippen LogP contribution in [-0.4, -0.2) is 35.1 Å². The first-order chi connectivity index (χ1) is 14.6. The second kappa shape index (κ2) is 9.64. The van der Waals surface area contributed by atoms with Crippen LogP contribution in [-0.2, 0) is 6.54 Å². The lowest BCUT2D eigenvalue weighted by Gasteiger charge is -2.15. The molecule has 2 aromatic heterocycles. The number of hydrogen-bond acceptors (Lipinski definition) is 6. The summed E-state index contributed by atoms with van der Waals surface area (Å²) in [6.45, 7) is 2.75. The molecule has 3 aromatic rings. The molecule has 0 bridgehead atoms. The molecule has 0 unspecified atom stereocenters. The predicted molar refractivity (Wildman–Crippen MR) is 119 cm³/mol. The molecule has 1 aliphatic rings. The zero-order valence-electron chi connectivity index (χ0n) is 16.6. The quantitative estimate of drug-likeness (QED) is 0.474. The number of pyridine rings is 2. The van der Waals surface area contributed by atoms with Crippen LogP contribution in [0.1, 0.15) is 18.4 Å². The van der Waals surface area contributed by atoms with E-state index in [1.165, 1.54) is 31.0 Å². The Kier molecular flexibility index (Phi) is 6.72. The summed E-state index contributed by atoms with van der Waals surface area (Å²) in [6, 6.07) is 10.9. The van der Waals surface area contributed by atoms with E-state index >= 15 is 0 Å². The average molecular weight is 445 g/mol. The third kappa shape index (κ3) is 5.03. The van der Waals surface area contributed by atoms with Gasteiger partial charge in [-0.15, -0.1) is 0 Å². The van der Waals surface area contributed by atoms with Crippen molar-refractivity contribution >= 4 is 29.2 Å². The number of anilines is 1. The van der Waals surface area contributed by atoms with Crippen LogP contribution in [0, 0.1) is 5.82 Å². The lowest BCUT2D eigenvalue weighted by molar-refractivity contribution is 0.325. The van der Waals surface area contributed by atoms with Crippen LogP contribution in [0.2, 0.25) is 5.02 Å². The van der Waals surface area contributed by atoms with E-state index in [0.717, 1.165) is 34.8 Å². The number of nitrogens with zero attached hydrogens (tertiary/aromatic N) is 3. The predicted octanol–water partition coefficient (Wildman–Crippen LogP) is 5.66. The second-order valence-corrected chi connectivity index (χ2v) is 8.37. The van der Waals surface area contributed by atoms with Gasteiger partial charge in [-0.1, -0.05) is 23.7 Å². The topological polar surface area (TPSA) is 50.3 Å². The van der Waals surface area contributed by atoms with Crippen LogP contribution in [0.3, 0.4) is 0 Å². The summed E-state index contributed by atoms with van der Waals surface area (Å²) in [5.41, 5.74) is 3.00. The Morgan fingerprint density at radius 1 is 1.17 bits per heavy atom. The molecule has 4 rings (SSSR count). The van der Waals surface area contributed by atoms with Crippen LogP contribution in [0.25, 0.3) is 11.3 Å². The molecule has 0 amide bonds. The van der Waals surface area contributed by atoms with Gasteiger partial charge in [-0.05, 0) is 62.1 Å². The largest absolute Gasteiger partial charge is 0.480 e. The van der Waals surface area contributed by atoms with Crippen LogP contribution in [0.4, 0.5) is 10.1 Å².